The molecular formula is C12H19FN2O. The number of hydrogen-bond acceptors (Lipinski definition) is 3. The number of nitrogen functional groups attached to an aromatic ring is 1. The van der Waals surface area contributed by atoms with E-state index < -0.39 is 0 Å². The fraction of sp³-hybridized carbons (Fsp3) is 0.500. The molecule has 1 aromatic rings. The Morgan fingerprint density at radius 3 is 2.69 bits per heavy atom. The average Bonchev–Trinajstić information content (AvgIpc) is 2.12. The molecule has 0 bridgehead atoms. The van der Waals surface area contributed by atoms with Crippen LogP contribution in [0, 0.1) is 5.82 Å². The van der Waals surface area contributed by atoms with E-state index in [0.29, 0.717) is 18.7 Å². The molecule has 0 saturated heterocycles. The molecule has 1 aromatic carbocycles. The highest BCUT2D eigenvalue weighted by Gasteiger charge is 2.04. The van der Waals surface area contributed by atoms with E-state index in [0.717, 1.165) is 12.1 Å². The van der Waals surface area contributed by atoms with Crippen molar-refractivity contribution >= 4 is 5.69 Å². The Morgan fingerprint density at radius 1 is 1.44 bits per heavy atom. The highest BCUT2D eigenvalue weighted by Crippen LogP contribution is 2.12. The lowest BCUT2D eigenvalue weighted by molar-refractivity contribution is 0.163. The van der Waals surface area contributed by atoms with Crippen molar-refractivity contribution < 1.29 is 9.50 Å². The lowest BCUT2D eigenvalue weighted by Crippen LogP contribution is -2.22. The molecule has 0 aliphatic heterocycles. The number of aliphatic hydroxyl groups is 1. The molecule has 3 nitrogen and oxygen atoms in total. The van der Waals surface area contributed by atoms with Gasteiger partial charge in [-0.2, -0.15) is 0 Å². The van der Waals surface area contributed by atoms with E-state index in [4.69, 9.17) is 10.8 Å². The Labute approximate surface area is 95.7 Å². The fourth-order valence-corrected chi connectivity index (χ4v) is 1.56. The fourth-order valence-electron chi connectivity index (χ4n) is 1.56. The van der Waals surface area contributed by atoms with Crippen LogP contribution in [0.2, 0.25) is 0 Å². The zero-order chi connectivity index (χ0) is 12.1. The molecule has 1 atom stereocenters. The van der Waals surface area contributed by atoms with Gasteiger partial charge in [-0.1, -0.05) is 0 Å². The van der Waals surface area contributed by atoms with Gasteiger partial charge in [0.25, 0.3) is 0 Å². The van der Waals surface area contributed by atoms with E-state index in [1.165, 1.54) is 12.1 Å². The van der Waals surface area contributed by atoms with Crippen molar-refractivity contribution in [2.45, 2.75) is 26.0 Å². The molecule has 1 unspecified atom stereocenters. The first-order chi connectivity index (χ1) is 7.47. The second-order valence-electron chi connectivity index (χ2n) is 4.27. The van der Waals surface area contributed by atoms with E-state index in [1.807, 2.05) is 11.9 Å². The molecule has 90 valence electrons. The van der Waals surface area contributed by atoms with Crippen molar-refractivity contribution in [3.05, 3.63) is 29.6 Å². The summed E-state index contributed by atoms with van der Waals surface area (Å²) in [5.41, 5.74) is 6.85. The Kier molecular flexibility index (Phi) is 4.71. The first kappa shape index (κ1) is 12.9. The highest BCUT2D eigenvalue weighted by atomic mass is 19.1. The van der Waals surface area contributed by atoms with Crippen LogP contribution in [0.5, 0.6) is 0 Å². The van der Waals surface area contributed by atoms with Gasteiger partial charge in [-0.05, 0) is 44.2 Å². The van der Waals surface area contributed by atoms with Crippen LogP contribution >= 0.6 is 0 Å². The predicted molar refractivity (Wildman–Crippen MR) is 63.4 cm³/mol. The lowest BCUT2D eigenvalue weighted by atomic mass is 10.2. The van der Waals surface area contributed by atoms with Crippen molar-refractivity contribution in [3.8, 4) is 0 Å². The Bertz CT molecular complexity index is 322. The van der Waals surface area contributed by atoms with Crippen LogP contribution in [0.4, 0.5) is 10.1 Å². The summed E-state index contributed by atoms with van der Waals surface area (Å²) in [6, 6.07) is 4.55. The molecule has 0 aromatic heterocycles. The van der Waals surface area contributed by atoms with Gasteiger partial charge in [0.1, 0.15) is 5.82 Å². The van der Waals surface area contributed by atoms with Gasteiger partial charge in [0, 0.05) is 18.8 Å². The molecule has 4 heteroatoms. The van der Waals surface area contributed by atoms with Crippen molar-refractivity contribution in [2.24, 2.45) is 0 Å². The Morgan fingerprint density at radius 2 is 2.12 bits per heavy atom. The number of aliphatic hydroxyl groups excluding tert-OH is 1. The smallest absolute Gasteiger partial charge is 0.125 e. The molecule has 0 fully saturated rings. The maximum Gasteiger partial charge on any atom is 0.125 e. The van der Waals surface area contributed by atoms with Gasteiger partial charge in [0.2, 0.25) is 0 Å². The normalized spacial score (nSPS) is 13.1. The van der Waals surface area contributed by atoms with Gasteiger partial charge in [-0.25, -0.2) is 4.39 Å². The van der Waals surface area contributed by atoms with Crippen LogP contribution in [0.25, 0.3) is 0 Å². The number of nitrogens with two attached hydrogens (primary N) is 1. The summed E-state index contributed by atoms with van der Waals surface area (Å²) >= 11 is 0. The minimum atomic E-state index is -0.307. The zero-order valence-corrected chi connectivity index (χ0v) is 9.78. The molecule has 0 heterocycles. The van der Waals surface area contributed by atoms with Crippen LogP contribution in [0.15, 0.2) is 18.2 Å². The van der Waals surface area contributed by atoms with E-state index in [2.05, 4.69) is 0 Å². The Balaban J connectivity index is 2.52. The summed E-state index contributed by atoms with van der Waals surface area (Å²) in [7, 11) is 1.93. The van der Waals surface area contributed by atoms with Crippen molar-refractivity contribution in [2.75, 3.05) is 19.3 Å². The first-order valence-corrected chi connectivity index (χ1v) is 5.39. The molecule has 16 heavy (non-hydrogen) atoms. The average molecular weight is 226 g/mol. The van der Waals surface area contributed by atoms with E-state index in [1.54, 1.807) is 13.0 Å². The molecule has 3 N–H and O–H groups in total. The van der Waals surface area contributed by atoms with E-state index in [9.17, 15) is 4.39 Å². The molecule has 1 rings (SSSR count). The molecule has 0 spiro atoms. The maximum absolute atomic E-state index is 13.1. The third-order valence-corrected chi connectivity index (χ3v) is 2.36. The summed E-state index contributed by atoms with van der Waals surface area (Å²) in [4.78, 5) is 2.03. The molecular weight excluding hydrogens is 207 g/mol. The number of nitrogens with zero attached hydrogens (tertiary/aromatic N) is 1. The monoisotopic (exact) mass is 226 g/mol. The van der Waals surface area contributed by atoms with Crippen LogP contribution < -0.4 is 5.73 Å². The van der Waals surface area contributed by atoms with Gasteiger partial charge >= 0.3 is 0 Å². The second kappa shape index (κ2) is 5.82. The third kappa shape index (κ3) is 4.59. The van der Waals surface area contributed by atoms with Crippen molar-refractivity contribution in [3.63, 3.8) is 0 Å². The largest absolute Gasteiger partial charge is 0.399 e. The minimum Gasteiger partial charge on any atom is -0.399 e. The van der Waals surface area contributed by atoms with Crippen LogP contribution in [0.1, 0.15) is 18.9 Å². The lowest BCUT2D eigenvalue weighted by Gasteiger charge is -2.17. The molecule has 0 aliphatic carbocycles. The van der Waals surface area contributed by atoms with Gasteiger partial charge in [0.15, 0.2) is 0 Å². The van der Waals surface area contributed by atoms with E-state index >= 15 is 0 Å². The Hall–Kier alpha value is -1.13. The predicted octanol–water partition coefficient (Wildman–Crippen LogP) is 1.61. The second-order valence-corrected chi connectivity index (χ2v) is 4.27. The summed E-state index contributed by atoms with van der Waals surface area (Å²) in [6.45, 7) is 3.16. The van der Waals surface area contributed by atoms with Gasteiger partial charge in [0.05, 0.1) is 6.10 Å². The number of anilines is 1. The number of hydrogen-bond donors (Lipinski definition) is 2. The maximum atomic E-state index is 13.1. The SMILES string of the molecule is CC(O)CCN(C)Cc1cc(N)cc(F)c1. The van der Waals surface area contributed by atoms with Crippen LogP contribution in [-0.4, -0.2) is 29.7 Å². The number of rotatable bonds is 5. The molecule has 0 aliphatic rings. The molecule has 0 radical (unpaired) electrons. The molecule has 0 amide bonds. The molecule has 0 saturated carbocycles. The standard InChI is InChI=1S/C12H19FN2O/c1-9(16)3-4-15(2)8-10-5-11(13)7-12(14)6-10/h5-7,9,16H,3-4,8,14H2,1-2H3. The van der Waals surface area contributed by atoms with Gasteiger partial charge in [-0.3, -0.25) is 0 Å². The minimum absolute atomic E-state index is 0.306. The van der Waals surface area contributed by atoms with Crippen molar-refractivity contribution in [1.82, 2.24) is 4.90 Å². The van der Waals surface area contributed by atoms with Gasteiger partial charge in [-0.15, -0.1) is 0 Å². The third-order valence-electron chi connectivity index (χ3n) is 2.36. The number of benzene rings is 1. The van der Waals surface area contributed by atoms with Crippen molar-refractivity contribution in [1.29, 1.82) is 0 Å². The summed E-state index contributed by atoms with van der Waals surface area (Å²) < 4.78 is 13.1. The highest BCUT2D eigenvalue weighted by molar-refractivity contribution is 5.41. The quantitative estimate of drug-likeness (QED) is 0.750. The topological polar surface area (TPSA) is 49.5 Å². The zero-order valence-electron chi connectivity index (χ0n) is 9.78. The first-order valence-electron chi connectivity index (χ1n) is 5.39. The summed E-state index contributed by atoms with van der Waals surface area (Å²) in [5.74, 6) is -0.307. The van der Waals surface area contributed by atoms with Gasteiger partial charge < -0.3 is 15.7 Å². The summed E-state index contributed by atoms with van der Waals surface area (Å²) in [6.07, 6.45) is 0.404. The summed E-state index contributed by atoms with van der Waals surface area (Å²) in [5, 5.41) is 9.15. The van der Waals surface area contributed by atoms with E-state index in [-0.39, 0.29) is 11.9 Å². The van der Waals surface area contributed by atoms with Crippen LogP contribution in [0.3, 0.4) is 0 Å². The van der Waals surface area contributed by atoms with Crippen LogP contribution in [-0.2, 0) is 6.54 Å². The number of halogens is 1.